The molecule has 0 fully saturated rings. The lowest BCUT2D eigenvalue weighted by Gasteiger charge is -1.98. The summed E-state index contributed by atoms with van der Waals surface area (Å²) in [6.45, 7) is 6.29. The van der Waals surface area contributed by atoms with Crippen molar-refractivity contribution < 1.29 is 4.57 Å². The SMILES string of the molecule is Cc1cn(C)c(-c2n(C)c(C)c(C)[n+]2C)n1. The molecule has 0 aliphatic heterocycles. The zero-order valence-electron chi connectivity index (χ0n) is 10.9. The highest BCUT2D eigenvalue weighted by atomic mass is 15.2. The number of hydrogen-bond donors (Lipinski definition) is 0. The molecule has 0 amide bonds. The van der Waals surface area contributed by atoms with Gasteiger partial charge in [0.2, 0.25) is 5.82 Å². The first-order valence-electron chi connectivity index (χ1n) is 5.45. The number of imidazole rings is 2. The molecule has 0 unspecified atom stereocenters. The molecule has 0 saturated carbocycles. The Hall–Kier alpha value is -1.58. The van der Waals surface area contributed by atoms with Gasteiger partial charge >= 0.3 is 5.82 Å². The molecular formula is C12H19N4+. The quantitative estimate of drug-likeness (QED) is 0.661. The molecule has 0 saturated heterocycles. The van der Waals surface area contributed by atoms with E-state index in [1.807, 2.05) is 20.2 Å². The molecule has 2 rings (SSSR count). The van der Waals surface area contributed by atoms with E-state index in [0.29, 0.717) is 0 Å². The van der Waals surface area contributed by atoms with Crippen molar-refractivity contribution in [2.45, 2.75) is 20.8 Å². The molecule has 4 heteroatoms. The molecule has 0 spiro atoms. The van der Waals surface area contributed by atoms with Gasteiger partial charge in [0.15, 0.2) is 0 Å². The van der Waals surface area contributed by atoms with Gasteiger partial charge in [-0.1, -0.05) is 0 Å². The molecule has 2 heterocycles. The van der Waals surface area contributed by atoms with E-state index < -0.39 is 0 Å². The average molecular weight is 219 g/mol. The zero-order valence-corrected chi connectivity index (χ0v) is 10.9. The number of aromatic nitrogens is 4. The van der Waals surface area contributed by atoms with Gasteiger partial charge in [-0.25, -0.2) is 14.1 Å². The molecular weight excluding hydrogens is 200 g/mol. The molecule has 2 aromatic heterocycles. The van der Waals surface area contributed by atoms with Gasteiger partial charge in [-0.3, -0.25) is 0 Å². The van der Waals surface area contributed by atoms with Gasteiger partial charge in [0.05, 0.1) is 19.8 Å². The van der Waals surface area contributed by atoms with E-state index >= 15 is 0 Å². The third-order valence-electron chi connectivity index (χ3n) is 3.36. The fourth-order valence-electron chi connectivity index (χ4n) is 2.15. The molecule has 0 atom stereocenters. The lowest BCUT2D eigenvalue weighted by Crippen LogP contribution is -2.33. The molecule has 0 bridgehead atoms. The highest BCUT2D eigenvalue weighted by molar-refractivity contribution is 5.43. The van der Waals surface area contributed by atoms with Crippen LogP contribution in [-0.2, 0) is 21.1 Å². The smallest absolute Gasteiger partial charge is 0.325 e. The van der Waals surface area contributed by atoms with Gasteiger partial charge < -0.3 is 4.57 Å². The Kier molecular flexibility index (Phi) is 2.37. The van der Waals surface area contributed by atoms with E-state index in [1.165, 1.54) is 11.4 Å². The lowest BCUT2D eigenvalue weighted by molar-refractivity contribution is -0.666. The zero-order chi connectivity index (χ0) is 12.0. The van der Waals surface area contributed by atoms with Crippen LogP contribution in [0.15, 0.2) is 6.20 Å². The molecule has 0 aliphatic carbocycles. The second-order valence-corrected chi connectivity index (χ2v) is 4.43. The topological polar surface area (TPSA) is 26.6 Å². The molecule has 0 aliphatic rings. The summed E-state index contributed by atoms with van der Waals surface area (Å²) >= 11 is 0. The fraction of sp³-hybridized carbons (Fsp3) is 0.500. The Morgan fingerprint density at radius 1 is 1.19 bits per heavy atom. The molecule has 16 heavy (non-hydrogen) atoms. The van der Waals surface area contributed by atoms with Gasteiger partial charge in [0.25, 0.3) is 0 Å². The van der Waals surface area contributed by atoms with Gasteiger partial charge in [-0.15, -0.1) is 0 Å². The van der Waals surface area contributed by atoms with E-state index in [0.717, 1.165) is 17.3 Å². The van der Waals surface area contributed by atoms with E-state index in [-0.39, 0.29) is 0 Å². The van der Waals surface area contributed by atoms with Crippen LogP contribution < -0.4 is 4.57 Å². The minimum absolute atomic E-state index is 1.01. The summed E-state index contributed by atoms with van der Waals surface area (Å²) in [7, 11) is 6.20. The van der Waals surface area contributed by atoms with Crippen LogP contribution in [0.3, 0.4) is 0 Å². The van der Waals surface area contributed by atoms with Crippen LogP contribution in [0.5, 0.6) is 0 Å². The van der Waals surface area contributed by atoms with Crippen molar-refractivity contribution in [1.29, 1.82) is 0 Å². The normalized spacial score (nSPS) is 11.1. The largest absolute Gasteiger partial charge is 0.327 e. The molecule has 86 valence electrons. The predicted octanol–water partition coefficient (Wildman–Crippen LogP) is 1.18. The summed E-state index contributed by atoms with van der Waals surface area (Å²) in [6.07, 6.45) is 2.05. The van der Waals surface area contributed by atoms with Crippen molar-refractivity contribution in [2.75, 3.05) is 0 Å². The average Bonchev–Trinajstić information content (AvgIpc) is 2.63. The summed E-state index contributed by atoms with van der Waals surface area (Å²) in [5.41, 5.74) is 3.60. The standard InChI is InChI=1S/C12H19N4/c1-8-7-14(4)11(13-8)12-15(5)9(2)10(3)16(12)6/h7H,1-6H3/q+1. The molecule has 0 radical (unpaired) electrons. The fourth-order valence-corrected chi connectivity index (χ4v) is 2.15. The highest BCUT2D eigenvalue weighted by Gasteiger charge is 2.25. The van der Waals surface area contributed by atoms with Crippen LogP contribution in [0.4, 0.5) is 0 Å². The molecule has 4 nitrogen and oxygen atoms in total. The van der Waals surface area contributed by atoms with Crippen LogP contribution in [0.2, 0.25) is 0 Å². The van der Waals surface area contributed by atoms with Gasteiger partial charge in [0.1, 0.15) is 11.4 Å². The minimum atomic E-state index is 1.01. The molecule has 2 aromatic rings. The minimum Gasteiger partial charge on any atom is -0.327 e. The van der Waals surface area contributed by atoms with Gasteiger partial charge in [0, 0.05) is 27.1 Å². The van der Waals surface area contributed by atoms with Crippen molar-refractivity contribution in [3.05, 3.63) is 23.3 Å². The maximum atomic E-state index is 4.58. The van der Waals surface area contributed by atoms with E-state index in [9.17, 15) is 0 Å². The van der Waals surface area contributed by atoms with Crippen molar-refractivity contribution in [2.24, 2.45) is 21.1 Å². The molecule has 0 aromatic carbocycles. The van der Waals surface area contributed by atoms with Crippen molar-refractivity contribution in [3.8, 4) is 11.6 Å². The first-order chi connectivity index (χ1) is 7.43. The summed E-state index contributed by atoms with van der Waals surface area (Å²) in [6, 6.07) is 0. The van der Waals surface area contributed by atoms with Crippen molar-refractivity contribution in [1.82, 2.24) is 14.1 Å². The predicted molar refractivity (Wildman–Crippen MR) is 63.0 cm³/mol. The molecule has 0 N–H and O–H groups in total. The van der Waals surface area contributed by atoms with Crippen LogP contribution in [0.1, 0.15) is 17.1 Å². The van der Waals surface area contributed by atoms with E-state index in [1.54, 1.807) is 0 Å². The Morgan fingerprint density at radius 2 is 1.81 bits per heavy atom. The Morgan fingerprint density at radius 3 is 2.19 bits per heavy atom. The Labute approximate surface area is 96.2 Å². The highest BCUT2D eigenvalue weighted by Crippen LogP contribution is 2.17. The Bertz CT molecular complexity index is 520. The Balaban J connectivity index is 2.74. The van der Waals surface area contributed by atoms with Crippen LogP contribution >= 0.6 is 0 Å². The summed E-state index contributed by atoms with van der Waals surface area (Å²) < 4.78 is 6.46. The van der Waals surface area contributed by atoms with Gasteiger partial charge in [-0.2, -0.15) is 0 Å². The van der Waals surface area contributed by atoms with Crippen LogP contribution in [-0.4, -0.2) is 14.1 Å². The lowest BCUT2D eigenvalue weighted by atomic mass is 10.4. The number of rotatable bonds is 1. The number of aryl methyl sites for hydroxylation is 2. The van der Waals surface area contributed by atoms with Crippen LogP contribution in [0, 0.1) is 20.8 Å². The number of nitrogens with zero attached hydrogens (tertiary/aromatic N) is 4. The van der Waals surface area contributed by atoms with Crippen molar-refractivity contribution >= 4 is 0 Å². The first kappa shape index (κ1) is 10.9. The second kappa shape index (κ2) is 3.47. The van der Waals surface area contributed by atoms with E-state index in [4.69, 9.17) is 0 Å². The monoisotopic (exact) mass is 219 g/mol. The maximum absolute atomic E-state index is 4.58. The third kappa shape index (κ3) is 1.37. The first-order valence-corrected chi connectivity index (χ1v) is 5.45. The van der Waals surface area contributed by atoms with Crippen molar-refractivity contribution in [3.63, 3.8) is 0 Å². The van der Waals surface area contributed by atoms with Crippen LogP contribution in [0.25, 0.3) is 11.6 Å². The number of hydrogen-bond acceptors (Lipinski definition) is 1. The second-order valence-electron chi connectivity index (χ2n) is 4.43. The summed E-state index contributed by atoms with van der Waals surface area (Å²) in [4.78, 5) is 4.58. The maximum Gasteiger partial charge on any atom is 0.325 e. The summed E-state index contributed by atoms with van der Waals surface area (Å²) in [5.74, 6) is 2.16. The summed E-state index contributed by atoms with van der Waals surface area (Å²) in [5, 5.41) is 0. The van der Waals surface area contributed by atoms with Gasteiger partial charge in [-0.05, 0) is 6.92 Å². The third-order valence-corrected chi connectivity index (χ3v) is 3.36. The van der Waals surface area contributed by atoms with E-state index in [2.05, 4.69) is 46.6 Å².